The SMILES string of the molecule is CC[C@@](C)(CNC(=O)c1ccc(OCc2ccc(Cl)cc2)c(OC)c1)N1CCOCC1. The monoisotopic (exact) mass is 446 g/mol. The topological polar surface area (TPSA) is 60.0 Å². The number of methoxy groups -OCH3 is 1. The summed E-state index contributed by atoms with van der Waals surface area (Å²) in [5, 5.41) is 3.78. The van der Waals surface area contributed by atoms with E-state index in [1.807, 2.05) is 24.3 Å². The molecule has 2 aromatic rings. The first-order valence-electron chi connectivity index (χ1n) is 10.6. The summed E-state index contributed by atoms with van der Waals surface area (Å²) < 4.78 is 16.8. The van der Waals surface area contributed by atoms with Crippen LogP contribution in [0.15, 0.2) is 42.5 Å². The highest BCUT2D eigenvalue weighted by atomic mass is 35.5. The molecule has 0 unspecified atom stereocenters. The largest absolute Gasteiger partial charge is 0.493 e. The van der Waals surface area contributed by atoms with Gasteiger partial charge in [-0.3, -0.25) is 9.69 Å². The average Bonchev–Trinajstić information content (AvgIpc) is 2.82. The number of carbonyl (C=O) groups is 1. The van der Waals surface area contributed by atoms with Gasteiger partial charge in [-0.15, -0.1) is 0 Å². The number of ether oxygens (including phenoxy) is 3. The molecule has 1 N–H and O–H groups in total. The number of hydrogen-bond acceptors (Lipinski definition) is 5. The molecule has 0 aliphatic carbocycles. The minimum atomic E-state index is -0.129. The van der Waals surface area contributed by atoms with Crippen LogP contribution in [0.3, 0.4) is 0 Å². The molecule has 7 heteroatoms. The Morgan fingerprint density at radius 1 is 1.16 bits per heavy atom. The van der Waals surface area contributed by atoms with E-state index < -0.39 is 0 Å². The second kappa shape index (κ2) is 10.8. The van der Waals surface area contributed by atoms with E-state index in [9.17, 15) is 4.79 Å². The van der Waals surface area contributed by atoms with Crippen LogP contribution in [0.5, 0.6) is 11.5 Å². The molecule has 1 atom stereocenters. The number of carbonyl (C=O) groups excluding carboxylic acids is 1. The molecule has 1 aliphatic heterocycles. The molecule has 0 bridgehead atoms. The predicted octanol–water partition coefficient (Wildman–Crippen LogP) is 4.16. The van der Waals surface area contributed by atoms with Crippen molar-refractivity contribution in [3.05, 3.63) is 58.6 Å². The van der Waals surface area contributed by atoms with Crippen LogP contribution in [0.4, 0.5) is 0 Å². The summed E-state index contributed by atoms with van der Waals surface area (Å²) in [5.74, 6) is 0.976. The second-order valence-electron chi connectivity index (χ2n) is 7.91. The average molecular weight is 447 g/mol. The minimum absolute atomic E-state index is 0.106. The molecule has 31 heavy (non-hydrogen) atoms. The molecule has 2 aromatic carbocycles. The maximum atomic E-state index is 12.8. The van der Waals surface area contributed by atoms with E-state index in [1.165, 1.54) is 0 Å². The maximum Gasteiger partial charge on any atom is 0.251 e. The lowest BCUT2D eigenvalue weighted by Gasteiger charge is -2.43. The number of nitrogens with zero attached hydrogens (tertiary/aromatic N) is 1. The van der Waals surface area contributed by atoms with Gasteiger partial charge in [0, 0.05) is 35.8 Å². The van der Waals surface area contributed by atoms with Crippen molar-refractivity contribution in [2.75, 3.05) is 40.0 Å². The molecule has 0 aromatic heterocycles. The molecule has 168 valence electrons. The summed E-state index contributed by atoms with van der Waals surface area (Å²) >= 11 is 5.92. The van der Waals surface area contributed by atoms with E-state index in [0.29, 0.717) is 35.2 Å². The van der Waals surface area contributed by atoms with Gasteiger partial charge in [-0.1, -0.05) is 30.7 Å². The Morgan fingerprint density at radius 2 is 1.87 bits per heavy atom. The standard InChI is InChI=1S/C24H31ClN2O4/c1-4-24(2,27-11-13-30-14-12-27)17-26-23(28)19-7-10-21(22(15-19)29-3)31-16-18-5-8-20(25)9-6-18/h5-10,15H,4,11-14,16-17H2,1-3H3,(H,26,28)/t24-/m0/s1. The van der Waals surface area contributed by atoms with E-state index in [2.05, 4.69) is 24.1 Å². The maximum absolute atomic E-state index is 12.8. The van der Waals surface area contributed by atoms with Crippen molar-refractivity contribution in [3.63, 3.8) is 0 Å². The Bertz CT molecular complexity index is 868. The quantitative estimate of drug-likeness (QED) is 0.626. The molecular weight excluding hydrogens is 416 g/mol. The zero-order valence-electron chi connectivity index (χ0n) is 18.4. The third kappa shape index (κ3) is 6.12. The van der Waals surface area contributed by atoms with Gasteiger partial charge < -0.3 is 19.5 Å². The lowest BCUT2D eigenvalue weighted by molar-refractivity contribution is -0.0169. The third-order valence-corrected chi connectivity index (χ3v) is 6.15. The summed E-state index contributed by atoms with van der Waals surface area (Å²) in [6.07, 6.45) is 0.939. The summed E-state index contributed by atoms with van der Waals surface area (Å²) in [6.45, 7) is 8.52. The van der Waals surface area contributed by atoms with E-state index in [4.69, 9.17) is 25.8 Å². The first kappa shape index (κ1) is 23.4. The fourth-order valence-corrected chi connectivity index (χ4v) is 3.73. The van der Waals surface area contributed by atoms with E-state index in [0.717, 1.165) is 38.3 Å². The Morgan fingerprint density at radius 3 is 2.52 bits per heavy atom. The Balaban J connectivity index is 1.62. The van der Waals surface area contributed by atoms with Gasteiger partial charge in [-0.05, 0) is 49.2 Å². The van der Waals surface area contributed by atoms with Gasteiger partial charge in [-0.2, -0.15) is 0 Å². The van der Waals surface area contributed by atoms with Crippen molar-refractivity contribution < 1.29 is 19.0 Å². The summed E-state index contributed by atoms with van der Waals surface area (Å²) in [7, 11) is 1.57. The van der Waals surface area contributed by atoms with Crippen LogP contribution in [-0.2, 0) is 11.3 Å². The lowest BCUT2D eigenvalue weighted by Crippen LogP contribution is -2.56. The van der Waals surface area contributed by atoms with Crippen LogP contribution in [0, 0.1) is 0 Å². The number of rotatable bonds is 9. The number of morpholine rings is 1. The van der Waals surface area contributed by atoms with E-state index in [1.54, 1.807) is 25.3 Å². The molecule has 1 aliphatic rings. The van der Waals surface area contributed by atoms with Gasteiger partial charge in [0.1, 0.15) is 6.61 Å². The molecule has 6 nitrogen and oxygen atoms in total. The van der Waals surface area contributed by atoms with E-state index >= 15 is 0 Å². The fourth-order valence-electron chi connectivity index (χ4n) is 3.61. The Hall–Kier alpha value is -2.28. The molecule has 0 radical (unpaired) electrons. The molecule has 0 spiro atoms. The number of amides is 1. The number of hydrogen-bond donors (Lipinski definition) is 1. The molecular formula is C24H31ClN2O4. The van der Waals surface area contributed by atoms with Gasteiger partial charge in [0.2, 0.25) is 0 Å². The van der Waals surface area contributed by atoms with Crippen molar-refractivity contribution in [2.45, 2.75) is 32.4 Å². The van der Waals surface area contributed by atoms with Crippen molar-refractivity contribution in [1.29, 1.82) is 0 Å². The zero-order chi connectivity index (χ0) is 22.3. The molecule has 1 amide bonds. The Kier molecular flexibility index (Phi) is 8.18. The normalized spacial score (nSPS) is 16.4. The van der Waals surface area contributed by atoms with Crippen LogP contribution < -0.4 is 14.8 Å². The van der Waals surface area contributed by atoms with Gasteiger partial charge in [0.25, 0.3) is 5.91 Å². The smallest absolute Gasteiger partial charge is 0.251 e. The van der Waals surface area contributed by atoms with Crippen LogP contribution in [0.1, 0.15) is 36.2 Å². The highest BCUT2D eigenvalue weighted by Crippen LogP contribution is 2.29. The summed E-state index contributed by atoms with van der Waals surface area (Å²) in [5.41, 5.74) is 1.43. The highest BCUT2D eigenvalue weighted by molar-refractivity contribution is 6.30. The Labute approximate surface area is 189 Å². The van der Waals surface area contributed by atoms with Gasteiger partial charge >= 0.3 is 0 Å². The first-order chi connectivity index (χ1) is 14.9. The minimum Gasteiger partial charge on any atom is -0.493 e. The van der Waals surface area contributed by atoms with Gasteiger partial charge in [-0.25, -0.2) is 0 Å². The van der Waals surface area contributed by atoms with Crippen molar-refractivity contribution in [1.82, 2.24) is 10.2 Å². The predicted molar refractivity (Wildman–Crippen MR) is 122 cm³/mol. The number of halogens is 1. The molecule has 3 rings (SSSR count). The van der Waals surface area contributed by atoms with Crippen LogP contribution in [-0.4, -0.2) is 56.3 Å². The fraction of sp³-hybridized carbons (Fsp3) is 0.458. The van der Waals surface area contributed by atoms with Crippen LogP contribution in [0.25, 0.3) is 0 Å². The van der Waals surface area contributed by atoms with Crippen molar-refractivity contribution in [2.24, 2.45) is 0 Å². The second-order valence-corrected chi connectivity index (χ2v) is 8.35. The molecule has 0 saturated carbocycles. The zero-order valence-corrected chi connectivity index (χ0v) is 19.2. The number of benzene rings is 2. The summed E-state index contributed by atoms with van der Waals surface area (Å²) in [4.78, 5) is 15.2. The number of nitrogens with one attached hydrogen (secondary N) is 1. The molecule has 1 saturated heterocycles. The first-order valence-corrected chi connectivity index (χ1v) is 11.0. The van der Waals surface area contributed by atoms with Crippen LogP contribution >= 0.6 is 11.6 Å². The van der Waals surface area contributed by atoms with Gasteiger partial charge in [0.15, 0.2) is 11.5 Å². The van der Waals surface area contributed by atoms with Crippen molar-refractivity contribution >= 4 is 17.5 Å². The van der Waals surface area contributed by atoms with Gasteiger partial charge in [0.05, 0.1) is 20.3 Å². The molecule has 1 heterocycles. The highest BCUT2D eigenvalue weighted by Gasteiger charge is 2.31. The van der Waals surface area contributed by atoms with Crippen molar-refractivity contribution in [3.8, 4) is 11.5 Å². The molecule has 1 fully saturated rings. The summed E-state index contributed by atoms with van der Waals surface area (Å²) in [6, 6.07) is 12.7. The van der Waals surface area contributed by atoms with Crippen LogP contribution in [0.2, 0.25) is 5.02 Å². The third-order valence-electron chi connectivity index (χ3n) is 5.90. The lowest BCUT2D eigenvalue weighted by atomic mass is 9.95. The van der Waals surface area contributed by atoms with E-state index in [-0.39, 0.29) is 11.4 Å².